The molecule has 5 nitrogen and oxygen atoms in total. The molecular weight excluding hydrogens is 278 g/mol. The first-order valence-electron chi connectivity index (χ1n) is 7.01. The van der Waals surface area contributed by atoms with Crippen LogP contribution in [0.4, 0.5) is 11.4 Å². The topological polar surface area (TPSA) is 58.4 Å². The summed E-state index contributed by atoms with van der Waals surface area (Å²) < 4.78 is 0. The zero-order chi connectivity index (χ0) is 14.3. The Balaban J connectivity index is 1.74. The minimum Gasteiger partial charge on any atom is -0.375 e. The Morgan fingerprint density at radius 2 is 2.20 bits per heavy atom. The highest BCUT2D eigenvalue weighted by molar-refractivity contribution is 6.31. The number of hydrogen-bond donors (Lipinski definition) is 1. The maximum atomic E-state index is 11.1. The van der Waals surface area contributed by atoms with Crippen molar-refractivity contribution in [2.75, 3.05) is 11.9 Å². The summed E-state index contributed by atoms with van der Waals surface area (Å²) in [6.45, 7) is 3.18. The Hall–Kier alpha value is -1.33. The summed E-state index contributed by atoms with van der Waals surface area (Å²) in [6, 6.07) is 6.18. The van der Waals surface area contributed by atoms with Crippen molar-refractivity contribution < 1.29 is 4.92 Å². The van der Waals surface area contributed by atoms with Crippen molar-refractivity contribution in [3.63, 3.8) is 0 Å². The molecule has 0 spiro atoms. The fourth-order valence-corrected chi connectivity index (χ4v) is 3.25. The molecule has 1 saturated carbocycles. The molecule has 1 N–H and O–H groups in total. The van der Waals surface area contributed by atoms with Crippen LogP contribution in [0.5, 0.6) is 0 Å². The van der Waals surface area contributed by atoms with Crippen LogP contribution in [0.2, 0.25) is 5.02 Å². The summed E-state index contributed by atoms with van der Waals surface area (Å²) in [5, 5.41) is 14.9. The average Bonchev–Trinajstić information content (AvgIpc) is 3.14. The zero-order valence-corrected chi connectivity index (χ0v) is 12.1. The molecule has 0 amide bonds. The van der Waals surface area contributed by atoms with Crippen LogP contribution < -0.4 is 5.32 Å². The number of rotatable bonds is 4. The van der Waals surface area contributed by atoms with Gasteiger partial charge in [-0.3, -0.25) is 15.0 Å². The van der Waals surface area contributed by atoms with Crippen LogP contribution in [-0.4, -0.2) is 34.5 Å². The Bertz CT molecular complexity index is 533. The minimum absolute atomic E-state index is 0.0897. The predicted octanol–water partition coefficient (Wildman–Crippen LogP) is 3.29. The van der Waals surface area contributed by atoms with Gasteiger partial charge in [-0.05, 0) is 38.3 Å². The molecule has 2 atom stereocenters. The van der Waals surface area contributed by atoms with Gasteiger partial charge in [0.05, 0.1) is 4.92 Å². The van der Waals surface area contributed by atoms with E-state index in [4.69, 9.17) is 11.6 Å². The first kappa shape index (κ1) is 13.6. The van der Waals surface area contributed by atoms with E-state index in [0.717, 1.165) is 19.0 Å². The third-order valence-electron chi connectivity index (χ3n) is 4.15. The molecule has 2 fully saturated rings. The van der Waals surface area contributed by atoms with Crippen LogP contribution in [0.15, 0.2) is 18.2 Å². The van der Waals surface area contributed by atoms with Crippen molar-refractivity contribution in [3.8, 4) is 0 Å². The number of likely N-dealkylation sites (tertiary alicyclic amines) is 1. The van der Waals surface area contributed by atoms with Gasteiger partial charge in [0.25, 0.3) is 5.69 Å². The van der Waals surface area contributed by atoms with E-state index in [1.54, 1.807) is 12.1 Å². The molecule has 0 aromatic heterocycles. The van der Waals surface area contributed by atoms with Crippen molar-refractivity contribution in [1.29, 1.82) is 0 Å². The maximum Gasteiger partial charge on any atom is 0.292 e. The molecular formula is C14H18ClN3O2. The molecule has 108 valence electrons. The minimum atomic E-state index is -0.365. The van der Waals surface area contributed by atoms with Crippen molar-refractivity contribution in [2.45, 2.75) is 44.3 Å². The third-order valence-corrected chi connectivity index (χ3v) is 4.39. The van der Waals surface area contributed by atoms with Crippen LogP contribution in [0.3, 0.4) is 0 Å². The number of hydrogen-bond acceptors (Lipinski definition) is 4. The summed E-state index contributed by atoms with van der Waals surface area (Å²) in [4.78, 5) is 13.2. The second kappa shape index (κ2) is 5.22. The fourth-order valence-electron chi connectivity index (χ4n) is 3.08. The van der Waals surface area contributed by atoms with E-state index in [1.807, 2.05) is 0 Å². The van der Waals surface area contributed by atoms with Crippen LogP contribution in [0, 0.1) is 10.1 Å². The lowest BCUT2D eigenvalue weighted by molar-refractivity contribution is -0.384. The molecule has 1 aliphatic carbocycles. The number of nitro benzene ring substituents is 1. The number of benzene rings is 1. The van der Waals surface area contributed by atoms with Gasteiger partial charge < -0.3 is 5.32 Å². The van der Waals surface area contributed by atoms with Gasteiger partial charge in [0.15, 0.2) is 0 Å². The maximum absolute atomic E-state index is 11.1. The highest BCUT2D eigenvalue weighted by Gasteiger charge is 2.39. The second-order valence-electron chi connectivity index (χ2n) is 5.77. The Morgan fingerprint density at radius 1 is 1.45 bits per heavy atom. The van der Waals surface area contributed by atoms with Gasteiger partial charge in [-0.15, -0.1) is 0 Å². The van der Waals surface area contributed by atoms with E-state index in [-0.39, 0.29) is 16.7 Å². The van der Waals surface area contributed by atoms with Gasteiger partial charge in [0.1, 0.15) is 5.69 Å². The monoisotopic (exact) mass is 295 g/mol. The Kier molecular flexibility index (Phi) is 3.56. The van der Waals surface area contributed by atoms with Crippen LogP contribution in [0.1, 0.15) is 26.2 Å². The largest absolute Gasteiger partial charge is 0.375 e. The number of halogens is 1. The molecule has 1 aromatic rings. The van der Waals surface area contributed by atoms with E-state index >= 15 is 0 Å². The first-order valence-corrected chi connectivity index (χ1v) is 7.38. The number of nitrogens with one attached hydrogen (secondary N) is 1. The summed E-state index contributed by atoms with van der Waals surface area (Å²) in [5.41, 5.74) is 0.615. The molecule has 2 aliphatic rings. The normalized spacial score (nSPS) is 26.7. The van der Waals surface area contributed by atoms with Gasteiger partial charge in [0, 0.05) is 35.8 Å². The molecule has 2 unspecified atom stereocenters. The van der Waals surface area contributed by atoms with E-state index in [9.17, 15) is 10.1 Å². The van der Waals surface area contributed by atoms with Crippen molar-refractivity contribution in [3.05, 3.63) is 33.3 Å². The summed E-state index contributed by atoms with van der Waals surface area (Å²) in [7, 11) is 0. The van der Waals surface area contributed by atoms with Gasteiger partial charge >= 0.3 is 0 Å². The molecule has 0 bridgehead atoms. The highest BCUT2D eigenvalue weighted by atomic mass is 35.5. The van der Waals surface area contributed by atoms with Crippen molar-refractivity contribution in [2.24, 2.45) is 0 Å². The number of anilines is 1. The van der Waals surface area contributed by atoms with Gasteiger partial charge in [0.2, 0.25) is 0 Å². The standard InChI is InChI=1S/C14H18ClN3O2/c1-9-6-11(8-17(9)12-3-4-12)16-13-7-10(15)2-5-14(13)18(19)20/h2,5,7,9,11-12,16H,3-4,6,8H2,1H3. The molecule has 20 heavy (non-hydrogen) atoms. The fraction of sp³-hybridized carbons (Fsp3) is 0.571. The first-order chi connectivity index (χ1) is 9.54. The summed E-state index contributed by atoms with van der Waals surface area (Å²) in [6.07, 6.45) is 3.59. The van der Waals surface area contributed by atoms with Crippen LogP contribution >= 0.6 is 11.6 Å². The lowest BCUT2D eigenvalue weighted by Crippen LogP contribution is -2.31. The highest BCUT2D eigenvalue weighted by Crippen LogP contribution is 2.35. The Morgan fingerprint density at radius 3 is 2.85 bits per heavy atom. The molecule has 3 rings (SSSR count). The van der Waals surface area contributed by atoms with Gasteiger partial charge in [-0.2, -0.15) is 0 Å². The van der Waals surface area contributed by atoms with E-state index < -0.39 is 0 Å². The predicted molar refractivity (Wildman–Crippen MR) is 79.3 cm³/mol. The average molecular weight is 296 g/mol. The molecule has 1 heterocycles. The molecule has 6 heteroatoms. The number of nitro groups is 1. The SMILES string of the molecule is CC1CC(Nc2cc(Cl)ccc2[N+](=O)[O-])CN1C1CC1. The quantitative estimate of drug-likeness (QED) is 0.684. The molecule has 1 saturated heterocycles. The third kappa shape index (κ3) is 2.74. The van der Waals surface area contributed by atoms with Gasteiger partial charge in [-0.25, -0.2) is 0 Å². The number of nitrogens with zero attached hydrogens (tertiary/aromatic N) is 2. The van der Waals surface area contributed by atoms with Crippen LogP contribution in [0.25, 0.3) is 0 Å². The lowest BCUT2D eigenvalue weighted by atomic mass is 10.1. The molecule has 1 aliphatic heterocycles. The van der Waals surface area contributed by atoms with Crippen LogP contribution in [-0.2, 0) is 0 Å². The van der Waals surface area contributed by atoms with E-state index in [0.29, 0.717) is 16.8 Å². The smallest absolute Gasteiger partial charge is 0.292 e. The van der Waals surface area contributed by atoms with E-state index in [1.165, 1.54) is 18.9 Å². The lowest BCUT2D eigenvalue weighted by Gasteiger charge is -2.20. The van der Waals surface area contributed by atoms with Crippen molar-refractivity contribution >= 4 is 23.0 Å². The molecule has 1 aromatic carbocycles. The zero-order valence-electron chi connectivity index (χ0n) is 11.4. The van der Waals surface area contributed by atoms with E-state index in [2.05, 4.69) is 17.1 Å². The molecule has 0 radical (unpaired) electrons. The Labute approximate surface area is 123 Å². The summed E-state index contributed by atoms with van der Waals surface area (Å²) >= 11 is 5.95. The van der Waals surface area contributed by atoms with Gasteiger partial charge in [-0.1, -0.05) is 11.6 Å². The summed E-state index contributed by atoms with van der Waals surface area (Å²) in [5.74, 6) is 0. The second-order valence-corrected chi connectivity index (χ2v) is 6.21. The van der Waals surface area contributed by atoms with Crippen molar-refractivity contribution in [1.82, 2.24) is 4.90 Å².